The number of hydrogen-bond donors (Lipinski definition) is 1. The Hall–Kier alpha value is -2.03. The summed E-state index contributed by atoms with van der Waals surface area (Å²) in [6, 6.07) is 11.6. The summed E-state index contributed by atoms with van der Waals surface area (Å²) >= 11 is 0. The van der Waals surface area contributed by atoms with Gasteiger partial charge >= 0.3 is 5.97 Å². The molecule has 0 aliphatic rings. The van der Waals surface area contributed by atoms with E-state index in [1.165, 1.54) is 5.56 Å². The van der Waals surface area contributed by atoms with Gasteiger partial charge in [0.2, 0.25) is 5.88 Å². The highest BCUT2D eigenvalue weighted by molar-refractivity contribution is 5.74. The molecule has 0 unspecified atom stereocenters. The zero-order valence-corrected chi connectivity index (χ0v) is 10.6. The number of ether oxygens (including phenoxy) is 1. The third kappa shape index (κ3) is 3.23. The van der Waals surface area contributed by atoms with Gasteiger partial charge in [0.1, 0.15) is 0 Å². The predicted molar refractivity (Wildman–Crippen MR) is 70.7 cm³/mol. The van der Waals surface area contributed by atoms with Crippen molar-refractivity contribution in [3.8, 4) is 5.88 Å². The number of hydrogen-bond acceptors (Lipinski definition) is 2. The number of nitrogens with one attached hydrogen (secondary N) is 1. The van der Waals surface area contributed by atoms with Crippen molar-refractivity contribution in [2.45, 2.75) is 26.2 Å². The van der Waals surface area contributed by atoms with E-state index in [1.807, 2.05) is 12.1 Å². The Labute approximate surface area is 107 Å². The molecule has 0 atom stereocenters. The summed E-state index contributed by atoms with van der Waals surface area (Å²) in [6.45, 7) is 4.29. The molecule has 0 aliphatic carbocycles. The zero-order chi connectivity index (χ0) is 13.0. The second-order valence-electron chi connectivity index (χ2n) is 4.58. The second-order valence-corrected chi connectivity index (χ2v) is 4.58. The van der Waals surface area contributed by atoms with Gasteiger partial charge in [0, 0.05) is 12.3 Å². The molecule has 2 rings (SSSR count). The quantitative estimate of drug-likeness (QED) is 0.837. The first-order valence-corrected chi connectivity index (χ1v) is 6.08. The van der Waals surface area contributed by atoms with Crippen LogP contribution in [0.4, 0.5) is 0 Å². The third-order valence-electron chi connectivity index (χ3n) is 2.79. The fraction of sp³-hybridized carbons (Fsp3) is 0.267. The van der Waals surface area contributed by atoms with Crippen LogP contribution in [0.3, 0.4) is 0 Å². The van der Waals surface area contributed by atoms with Gasteiger partial charge in [-0.1, -0.05) is 38.1 Å². The lowest BCUT2D eigenvalue weighted by Gasteiger charge is -2.06. The van der Waals surface area contributed by atoms with Gasteiger partial charge < -0.3 is 9.72 Å². The van der Waals surface area contributed by atoms with E-state index in [0.717, 1.165) is 5.56 Å². The van der Waals surface area contributed by atoms with Crippen LogP contribution in [0.15, 0.2) is 42.6 Å². The van der Waals surface area contributed by atoms with Gasteiger partial charge in [-0.3, -0.25) is 4.79 Å². The van der Waals surface area contributed by atoms with E-state index < -0.39 is 0 Å². The molecule has 1 aromatic carbocycles. The first-order valence-electron chi connectivity index (χ1n) is 6.08. The van der Waals surface area contributed by atoms with Gasteiger partial charge in [-0.05, 0) is 23.1 Å². The molecular weight excluding hydrogens is 226 g/mol. The Morgan fingerprint density at radius 2 is 1.94 bits per heavy atom. The van der Waals surface area contributed by atoms with E-state index in [1.54, 1.807) is 18.3 Å². The van der Waals surface area contributed by atoms with Crippen LogP contribution in [-0.2, 0) is 11.2 Å². The maximum absolute atomic E-state index is 11.7. The Kier molecular flexibility index (Phi) is 3.82. The smallest absolute Gasteiger partial charge is 0.316 e. The van der Waals surface area contributed by atoms with Gasteiger partial charge in [0.15, 0.2) is 0 Å². The summed E-state index contributed by atoms with van der Waals surface area (Å²) in [5.74, 6) is 0.735. The number of benzene rings is 1. The lowest BCUT2D eigenvalue weighted by atomic mass is 10.0. The fourth-order valence-electron chi connectivity index (χ4n) is 1.72. The van der Waals surface area contributed by atoms with E-state index in [2.05, 4.69) is 31.0 Å². The topological polar surface area (TPSA) is 42.1 Å². The third-order valence-corrected chi connectivity index (χ3v) is 2.79. The van der Waals surface area contributed by atoms with E-state index in [0.29, 0.717) is 11.8 Å². The number of aromatic nitrogens is 1. The average Bonchev–Trinajstić information content (AvgIpc) is 2.82. The standard InChI is InChI=1S/C15H17NO2/c1-11(2)13-7-5-12(6-8-13)10-15(17)18-14-4-3-9-16-14/h3-9,11,16H,10H2,1-2H3. The average molecular weight is 243 g/mol. The monoisotopic (exact) mass is 243 g/mol. The maximum Gasteiger partial charge on any atom is 0.316 e. The molecule has 0 bridgehead atoms. The van der Waals surface area contributed by atoms with Crippen molar-refractivity contribution in [3.05, 3.63) is 53.7 Å². The molecule has 0 aliphatic heterocycles. The maximum atomic E-state index is 11.7. The Morgan fingerprint density at radius 1 is 1.22 bits per heavy atom. The SMILES string of the molecule is CC(C)c1ccc(CC(=O)Oc2ccc[nH]2)cc1. The van der Waals surface area contributed by atoms with Crippen molar-refractivity contribution < 1.29 is 9.53 Å². The van der Waals surface area contributed by atoms with Gasteiger partial charge in [-0.25, -0.2) is 0 Å². The summed E-state index contributed by atoms with van der Waals surface area (Å²) in [4.78, 5) is 14.5. The highest BCUT2D eigenvalue weighted by atomic mass is 16.5. The molecule has 1 aromatic heterocycles. The molecule has 0 saturated carbocycles. The lowest BCUT2D eigenvalue weighted by Crippen LogP contribution is -2.11. The Morgan fingerprint density at radius 3 is 2.50 bits per heavy atom. The molecule has 3 heteroatoms. The van der Waals surface area contributed by atoms with Gasteiger partial charge in [-0.2, -0.15) is 0 Å². The number of rotatable bonds is 4. The van der Waals surface area contributed by atoms with E-state index >= 15 is 0 Å². The molecule has 0 saturated heterocycles. The minimum atomic E-state index is -0.255. The number of esters is 1. The normalized spacial score (nSPS) is 10.6. The van der Waals surface area contributed by atoms with Crippen LogP contribution in [-0.4, -0.2) is 11.0 Å². The van der Waals surface area contributed by atoms with Crippen LogP contribution in [0, 0.1) is 0 Å². The summed E-state index contributed by atoms with van der Waals surface area (Å²) in [5, 5.41) is 0. The lowest BCUT2D eigenvalue weighted by molar-refractivity contribution is -0.133. The van der Waals surface area contributed by atoms with Crippen LogP contribution in [0.2, 0.25) is 0 Å². The Balaban J connectivity index is 1.95. The van der Waals surface area contributed by atoms with Crippen LogP contribution in [0.5, 0.6) is 5.88 Å². The van der Waals surface area contributed by atoms with E-state index in [9.17, 15) is 4.79 Å². The minimum absolute atomic E-state index is 0.255. The highest BCUT2D eigenvalue weighted by Gasteiger charge is 2.07. The number of carbonyl (C=O) groups is 1. The van der Waals surface area contributed by atoms with Gasteiger partial charge in [-0.15, -0.1) is 0 Å². The van der Waals surface area contributed by atoms with Crippen molar-refractivity contribution in [2.75, 3.05) is 0 Å². The second kappa shape index (κ2) is 5.54. The van der Waals surface area contributed by atoms with Crippen molar-refractivity contribution in [1.82, 2.24) is 4.98 Å². The molecule has 1 heterocycles. The highest BCUT2D eigenvalue weighted by Crippen LogP contribution is 2.15. The summed E-state index contributed by atoms with van der Waals surface area (Å²) in [5.41, 5.74) is 2.24. The van der Waals surface area contributed by atoms with E-state index in [4.69, 9.17) is 4.74 Å². The minimum Gasteiger partial charge on any atom is -0.409 e. The molecular formula is C15H17NO2. The predicted octanol–water partition coefficient (Wildman–Crippen LogP) is 3.29. The molecule has 2 aromatic rings. The zero-order valence-electron chi connectivity index (χ0n) is 10.6. The fourth-order valence-corrected chi connectivity index (χ4v) is 1.72. The Bertz CT molecular complexity index is 498. The largest absolute Gasteiger partial charge is 0.409 e. The number of carbonyl (C=O) groups excluding carboxylic acids is 1. The molecule has 3 nitrogen and oxygen atoms in total. The van der Waals surface area contributed by atoms with E-state index in [-0.39, 0.29) is 12.4 Å². The van der Waals surface area contributed by atoms with Crippen molar-refractivity contribution in [3.63, 3.8) is 0 Å². The van der Waals surface area contributed by atoms with Crippen LogP contribution < -0.4 is 4.74 Å². The molecule has 0 spiro atoms. The van der Waals surface area contributed by atoms with Crippen molar-refractivity contribution in [1.29, 1.82) is 0 Å². The first kappa shape index (κ1) is 12.4. The van der Waals surface area contributed by atoms with Crippen LogP contribution in [0.1, 0.15) is 30.9 Å². The van der Waals surface area contributed by atoms with Crippen LogP contribution >= 0.6 is 0 Å². The summed E-state index contributed by atoms with van der Waals surface area (Å²) in [6.07, 6.45) is 2.01. The van der Waals surface area contributed by atoms with Crippen molar-refractivity contribution in [2.24, 2.45) is 0 Å². The number of aromatic amines is 1. The van der Waals surface area contributed by atoms with Crippen molar-refractivity contribution >= 4 is 5.97 Å². The van der Waals surface area contributed by atoms with Gasteiger partial charge in [0.05, 0.1) is 6.42 Å². The molecule has 0 amide bonds. The summed E-state index contributed by atoms with van der Waals surface area (Å²) in [7, 11) is 0. The van der Waals surface area contributed by atoms with Gasteiger partial charge in [0.25, 0.3) is 0 Å². The van der Waals surface area contributed by atoms with Crippen LogP contribution in [0.25, 0.3) is 0 Å². The molecule has 0 fully saturated rings. The first-order chi connectivity index (χ1) is 8.65. The molecule has 94 valence electrons. The molecule has 1 N–H and O–H groups in total. The molecule has 18 heavy (non-hydrogen) atoms. The molecule has 0 radical (unpaired) electrons. The summed E-state index contributed by atoms with van der Waals surface area (Å²) < 4.78 is 5.14. The number of H-pyrrole nitrogens is 1.